The Morgan fingerprint density at radius 3 is 1.89 bits per heavy atom. The summed E-state index contributed by atoms with van der Waals surface area (Å²) in [5.41, 5.74) is 0.412. The van der Waals surface area contributed by atoms with Crippen LogP contribution >= 0.6 is 0 Å². The number of ether oxygens (including phenoxy) is 1. The zero-order chi connectivity index (χ0) is 19.2. The fourth-order valence-electron chi connectivity index (χ4n) is 3.93. The Balaban J connectivity index is 1.94. The molecular formula is C22H16F4O. The molecule has 1 nitrogen and oxygen atoms in total. The number of hydrogen-bond donors (Lipinski definition) is 0. The van der Waals surface area contributed by atoms with Crippen molar-refractivity contribution in [2.45, 2.75) is 17.9 Å². The molecular weight excluding hydrogens is 356 g/mol. The van der Waals surface area contributed by atoms with Crippen molar-refractivity contribution in [3.8, 4) is 11.1 Å². The van der Waals surface area contributed by atoms with E-state index in [0.717, 1.165) is 23.3 Å². The van der Waals surface area contributed by atoms with Crippen LogP contribution < -0.4 is 0 Å². The molecule has 0 amide bonds. The highest BCUT2D eigenvalue weighted by atomic mass is 19.4. The second-order valence-electron chi connectivity index (χ2n) is 6.52. The second-order valence-corrected chi connectivity index (χ2v) is 6.52. The van der Waals surface area contributed by atoms with Gasteiger partial charge in [-0.25, -0.2) is 4.39 Å². The average molecular weight is 372 g/mol. The van der Waals surface area contributed by atoms with E-state index in [2.05, 4.69) is 0 Å². The molecule has 3 aromatic rings. The van der Waals surface area contributed by atoms with E-state index in [1.807, 2.05) is 24.3 Å². The lowest BCUT2D eigenvalue weighted by Crippen LogP contribution is -2.33. The number of halogens is 4. The number of fused-ring (bicyclic) bond motifs is 3. The van der Waals surface area contributed by atoms with Gasteiger partial charge in [-0.05, 0) is 39.9 Å². The Morgan fingerprint density at radius 2 is 1.37 bits per heavy atom. The molecule has 0 bridgehead atoms. The lowest BCUT2D eigenvalue weighted by molar-refractivity contribution is -0.137. The van der Waals surface area contributed by atoms with Gasteiger partial charge < -0.3 is 4.74 Å². The normalized spacial score (nSPS) is 15.9. The van der Waals surface area contributed by atoms with Crippen LogP contribution in [0, 0.1) is 0 Å². The van der Waals surface area contributed by atoms with E-state index in [1.54, 1.807) is 24.3 Å². The monoisotopic (exact) mass is 372 g/mol. The molecule has 0 aromatic heterocycles. The highest BCUT2D eigenvalue weighted by Crippen LogP contribution is 2.56. The van der Waals surface area contributed by atoms with Gasteiger partial charge in [0.25, 0.3) is 0 Å². The maximum Gasteiger partial charge on any atom is 0.416 e. The van der Waals surface area contributed by atoms with Gasteiger partial charge in [-0.2, -0.15) is 13.2 Å². The summed E-state index contributed by atoms with van der Waals surface area (Å²) in [5, 5.41) is 0. The van der Waals surface area contributed by atoms with Crippen LogP contribution in [0.4, 0.5) is 17.6 Å². The Bertz CT molecular complexity index is 948. The second kappa shape index (κ2) is 6.20. The van der Waals surface area contributed by atoms with Crippen molar-refractivity contribution in [1.29, 1.82) is 0 Å². The molecule has 0 saturated heterocycles. The van der Waals surface area contributed by atoms with Gasteiger partial charge in [0, 0.05) is 7.11 Å². The van der Waals surface area contributed by atoms with Crippen molar-refractivity contribution in [2.75, 3.05) is 7.11 Å². The third-order valence-electron chi connectivity index (χ3n) is 5.13. The van der Waals surface area contributed by atoms with Gasteiger partial charge in [0.1, 0.15) is 0 Å². The number of methoxy groups -OCH3 is 1. The molecule has 27 heavy (non-hydrogen) atoms. The van der Waals surface area contributed by atoms with Gasteiger partial charge in [0.15, 0.2) is 11.8 Å². The van der Waals surface area contributed by atoms with Gasteiger partial charge in [0.2, 0.25) is 0 Å². The summed E-state index contributed by atoms with van der Waals surface area (Å²) in [6.07, 6.45) is -6.35. The zero-order valence-electron chi connectivity index (χ0n) is 14.4. The summed E-state index contributed by atoms with van der Waals surface area (Å²) in [7, 11) is 1.39. The van der Waals surface area contributed by atoms with Crippen LogP contribution in [0.25, 0.3) is 11.1 Å². The maximum absolute atomic E-state index is 15.9. The van der Waals surface area contributed by atoms with Gasteiger partial charge in [-0.3, -0.25) is 0 Å². The SMILES string of the molecule is COC1(C(F)c2cccc(C(F)(F)F)c2)c2ccccc2-c2ccccc21. The van der Waals surface area contributed by atoms with Crippen molar-refractivity contribution in [3.05, 3.63) is 95.1 Å². The van der Waals surface area contributed by atoms with Crippen molar-refractivity contribution in [3.63, 3.8) is 0 Å². The molecule has 0 fully saturated rings. The fraction of sp³-hybridized carbons (Fsp3) is 0.182. The number of benzene rings is 3. The maximum atomic E-state index is 15.9. The van der Waals surface area contributed by atoms with Crippen molar-refractivity contribution >= 4 is 0 Å². The highest BCUT2D eigenvalue weighted by molar-refractivity contribution is 5.80. The van der Waals surface area contributed by atoms with E-state index in [1.165, 1.54) is 19.2 Å². The molecule has 1 atom stereocenters. The van der Waals surface area contributed by atoms with E-state index in [-0.39, 0.29) is 5.56 Å². The summed E-state index contributed by atoms with van der Waals surface area (Å²) in [5.74, 6) is 0. The van der Waals surface area contributed by atoms with Crippen LogP contribution in [0.5, 0.6) is 0 Å². The van der Waals surface area contributed by atoms with E-state index in [0.29, 0.717) is 11.1 Å². The van der Waals surface area contributed by atoms with Crippen LogP contribution in [-0.4, -0.2) is 7.11 Å². The van der Waals surface area contributed by atoms with Crippen molar-refractivity contribution in [2.24, 2.45) is 0 Å². The minimum atomic E-state index is -4.54. The molecule has 0 aliphatic heterocycles. The molecule has 0 heterocycles. The first-order chi connectivity index (χ1) is 12.9. The molecule has 0 N–H and O–H groups in total. The molecule has 0 spiro atoms. The third-order valence-corrected chi connectivity index (χ3v) is 5.13. The predicted molar refractivity (Wildman–Crippen MR) is 95.0 cm³/mol. The molecule has 5 heteroatoms. The summed E-state index contributed by atoms with van der Waals surface area (Å²) in [4.78, 5) is 0. The Morgan fingerprint density at radius 1 is 0.815 bits per heavy atom. The van der Waals surface area contributed by atoms with Crippen LogP contribution in [0.3, 0.4) is 0 Å². The summed E-state index contributed by atoms with van der Waals surface area (Å²) < 4.78 is 61.0. The first-order valence-corrected chi connectivity index (χ1v) is 8.45. The molecule has 1 unspecified atom stereocenters. The molecule has 0 saturated carbocycles. The number of hydrogen-bond acceptors (Lipinski definition) is 1. The molecule has 4 rings (SSSR count). The highest BCUT2D eigenvalue weighted by Gasteiger charge is 2.50. The number of rotatable bonds is 3. The summed E-state index contributed by atoms with van der Waals surface area (Å²) >= 11 is 0. The molecule has 138 valence electrons. The van der Waals surface area contributed by atoms with Crippen molar-refractivity contribution < 1.29 is 22.3 Å². The predicted octanol–water partition coefficient (Wildman–Crippen LogP) is 6.29. The summed E-state index contributed by atoms with van der Waals surface area (Å²) in [6, 6.07) is 18.9. The van der Waals surface area contributed by atoms with Gasteiger partial charge in [0.05, 0.1) is 5.56 Å². The Labute approximate surface area is 154 Å². The van der Waals surface area contributed by atoms with Gasteiger partial charge in [-0.1, -0.05) is 60.7 Å². The van der Waals surface area contributed by atoms with Gasteiger partial charge >= 0.3 is 6.18 Å². The standard InChI is InChI=1S/C22H16F4O/c1-27-21(20(23)14-7-6-8-15(13-14)22(24,25)26)18-11-4-2-9-16(18)17-10-3-5-12-19(17)21/h2-13,20H,1H3. The quantitative estimate of drug-likeness (QED) is 0.491. The molecule has 3 aromatic carbocycles. The van der Waals surface area contributed by atoms with Gasteiger partial charge in [-0.15, -0.1) is 0 Å². The van der Waals surface area contributed by atoms with E-state index < -0.39 is 23.5 Å². The average Bonchev–Trinajstić information content (AvgIpc) is 2.98. The minimum Gasteiger partial charge on any atom is -0.365 e. The third kappa shape index (κ3) is 2.57. The lowest BCUT2D eigenvalue weighted by atomic mass is 9.83. The lowest BCUT2D eigenvalue weighted by Gasteiger charge is -2.34. The van der Waals surface area contributed by atoms with Crippen LogP contribution in [0.1, 0.15) is 28.4 Å². The van der Waals surface area contributed by atoms with E-state index in [4.69, 9.17) is 4.74 Å². The summed E-state index contributed by atoms with van der Waals surface area (Å²) in [6.45, 7) is 0. The van der Waals surface area contributed by atoms with Crippen molar-refractivity contribution in [1.82, 2.24) is 0 Å². The van der Waals surface area contributed by atoms with E-state index in [9.17, 15) is 13.2 Å². The Kier molecular flexibility index (Phi) is 4.07. The van der Waals surface area contributed by atoms with Crippen LogP contribution in [-0.2, 0) is 16.5 Å². The largest absolute Gasteiger partial charge is 0.416 e. The minimum absolute atomic E-state index is 0.0711. The van der Waals surface area contributed by atoms with Crippen LogP contribution in [0.2, 0.25) is 0 Å². The smallest absolute Gasteiger partial charge is 0.365 e. The van der Waals surface area contributed by atoms with Crippen LogP contribution in [0.15, 0.2) is 72.8 Å². The molecule has 0 radical (unpaired) electrons. The topological polar surface area (TPSA) is 9.23 Å². The Hall–Kier alpha value is -2.66. The molecule has 1 aliphatic carbocycles. The first kappa shape index (κ1) is 17.7. The number of alkyl halides is 4. The fourth-order valence-corrected chi connectivity index (χ4v) is 3.93. The first-order valence-electron chi connectivity index (χ1n) is 8.45. The molecule has 1 aliphatic rings. The van der Waals surface area contributed by atoms with E-state index >= 15 is 4.39 Å². The zero-order valence-corrected chi connectivity index (χ0v) is 14.4.